The van der Waals surface area contributed by atoms with Gasteiger partial charge in [0.25, 0.3) is 10.0 Å². The molecular formula is C19H20FN3O2S. The lowest BCUT2D eigenvalue weighted by Gasteiger charge is -2.25. The number of fused-ring (bicyclic) bond motifs is 1. The van der Waals surface area contributed by atoms with Gasteiger partial charge in [-0.25, -0.2) is 4.39 Å². The maximum Gasteiger partial charge on any atom is 0.283 e. The maximum atomic E-state index is 14.5. The number of rotatable bonds is 3. The molecule has 1 aromatic heterocycles. The van der Waals surface area contributed by atoms with E-state index in [-0.39, 0.29) is 11.4 Å². The Morgan fingerprint density at radius 3 is 2.62 bits per heavy atom. The summed E-state index contributed by atoms with van der Waals surface area (Å²) >= 11 is 0. The monoisotopic (exact) mass is 373 g/mol. The first-order valence-electron chi connectivity index (χ1n) is 8.63. The number of nitrogens with zero attached hydrogens (tertiary/aromatic N) is 2. The molecule has 7 heteroatoms. The van der Waals surface area contributed by atoms with Crippen LogP contribution in [0.2, 0.25) is 0 Å². The van der Waals surface area contributed by atoms with E-state index in [0.717, 1.165) is 9.65 Å². The van der Waals surface area contributed by atoms with Crippen LogP contribution in [0.5, 0.6) is 0 Å². The van der Waals surface area contributed by atoms with E-state index in [4.69, 9.17) is 0 Å². The van der Waals surface area contributed by atoms with E-state index in [1.807, 2.05) is 19.1 Å². The zero-order valence-electron chi connectivity index (χ0n) is 14.4. The van der Waals surface area contributed by atoms with Gasteiger partial charge in [-0.1, -0.05) is 35.9 Å². The van der Waals surface area contributed by atoms with E-state index in [1.165, 1.54) is 0 Å². The molecule has 2 atom stereocenters. The molecule has 2 aromatic carbocycles. The number of hydrogen-bond acceptors (Lipinski definition) is 4. The number of hydrogen-bond donors (Lipinski definition) is 1. The first-order valence-corrected chi connectivity index (χ1v) is 10.1. The summed E-state index contributed by atoms with van der Waals surface area (Å²) in [6, 6.07) is 13.8. The summed E-state index contributed by atoms with van der Waals surface area (Å²) in [6.45, 7) is 2.85. The lowest BCUT2D eigenvalue weighted by molar-refractivity contribution is 0.229. The van der Waals surface area contributed by atoms with Crippen molar-refractivity contribution < 1.29 is 12.8 Å². The molecule has 0 spiro atoms. The van der Waals surface area contributed by atoms with E-state index in [1.54, 1.807) is 36.4 Å². The minimum absolute atomic E-state index is 0.171. The highest BCUT2D eigenvalue weighted by atomic mass is 32.2. The summed E-state index contributed by atoms with van der Waals surface area (Å²) in [4.78, 5) is 0.171. The molecule has 0 saturated carbocycles. The standard InChI is InChI=1S/C19H20FN3O2S/c1-13-6-8-14(9-7-13)26(24,25)23-18-5-3-2-4-16(18)19(22-23)15-10-11-21-12-17(15)20/h2-9,15,17,21H,10-12H2,1H3. The number of para-hydroxylation sites is 1. The predicted octanol–water partition coefficient (Wildman–Crippen LogP) is 3.00. The molecule has 0 amide bonds. The van der Waals surface area contributed by atoms with Crippen LogP contribution in [0.3, 0.4) is 0 Å². The Kier molecular flexibility index (Phi) is 4.28. The summed E-state index contributed by atoms with van der Waals surface area (Å²) in [5.74, 6) is -0.407. The Balaban J connectivity index is 1.89. The number of benzene rings is 2. The zero-order chi connectivity index (χ0) is 18.3. The van der Waals surface area contributed by atoms with Gasteiger partial charge in [0.1, 0.15) is 6.17 Å². The molecule has 5 nitrogen and oxygen atoms in total. The van der Waals surface area contributed by atoms with Gasteiger partial charge in [-0.3, -0.25) is 0 Å². The van der Waals surface area contributed by atoms with Crippen molar-refractivity contribution >= 4 is 20.9 Å². The van der Waals surface area contributed by atoms with Crippen molar-refractivity contribution in [3.8, 4) is 0 Å². The number of aryl methyl sites for hydroxylation is 1. The van der Waals surface area contributed by atoms with Crippen molar-refractivity contribution in [2.75, 3.05) is 13.1 Å². The van der Waals surface area contributed by atoms with Crippen molar-refractivity contribution in [2.45, 2.75) is 30.3 Å². The second kappa shape index (κ2) is 6.48. The molecule has 2 heterocycles. The number of halogens is 1. The molecule has 1 saturated heterocycles. The third kappa shape index (κ3) is 2.81. The molecule has 1 fully saturated rings. The Hall–Kier alpha value is -2.25. The Labute approximate surface area is 151 Å². The first kappa shape index (κ1) is 17.2. The fourth-order valence-electron chi connectivity index (χ4n) is 3.46. The fourth-order valence-corrected chi connectivity index (χ4v) is 4.75. The van der Waals surface area contributed by atoms with Gasteiger partial charge in [-0.15, -0.1) is 0 Å². The highest BCUT2D eigenvalue weighted by Gasteiger charge is 2.32. The van der Waals surface area contributed by atoms with Crippen molar-refractivity contribution in [1.82, 2.24) is 14.5 Å². The lowest BCUT2D eigenvalue weighted by atomic mass is 9.91. The Bertz CT molecular complexity index is 1040. The molecule has 2 unspecified atom stereocenters. The quantitative estimate of drug-likeness (QED) is 0.767. The molecule has 26 heavy (non-hydrogen) atoms. The van der Waals surface area contributed by atoms with E-state index in [9.17, 15) is 12.8 Å². The van der Waals surface area contributed by atoms with Crippen molar-refractivity contribution in [3.05, 3.63) is 59.8 Å². The average Bonchev–Trinajstić information content (AvgIpc) is 3.03. The Morgan fingerprint density at radius 2 is 1.88 bits per heavy atom. The van der Waals surface area contributed by atoms with Crippen LogP contribution in [-0.2, 0) is 10.0 Å². The number of piperidine rings is 1. The van der Waals surface area contributed by atoms with Gasteiger partial charge in [0, 0.05) is 17.8 Å². The van der Waals surface area contributed by atoms with Crippen LogP contribution in [0.25, 0.3) is 10.9 Å². The molecule has 0 aliphatic carbocycles. The number of nitrogens with one attached hydrogen (secondary N) is 1. The summed E-state index contributed by atoms with van der Waals surface area (Å²) < 4.78 is 41.8. The molecule has 4 rings (SSSR count). The van der Waals surface area contributed by atoms with Gasteiger partial charge in [-0.05, 0) is 38.1 Å². The van der Waals surface area contributed by atoms with Crippen molar-refractivity contribution in [1.29, 1.82) is 0 Å². The van der Waals surface area contributed by atoms with Crippen LogP contribution in [0.4, 0.5) is 4.39 Å². The molecule has 1 N–H and O–H groups in total. The molecule has 1 aliphatic heterocycles. The maximum absolute atomic E-state index is 14.5. The van der Waals surface area contributed by atoms with Crippen molar-refractivity contribution in [3.63, 3.8) is 0 Å². The van der Waals surface area contributed by atoms with E-state index < -0.39 is 22.1 Å². The molecule has 0 bridgehead atoms. The lowest BCUT2D eigenvalue weighted by Crippen LogP contribution is -2.37. The van der Waals surface area contributed by atoms with Crippen LogP contribution < -0.4 is 5.32 Å². The minimum atomic E-state index is -3.85. The van der Waals surface area contributed by atoms with Crippen LogP contribution in [0.1, 0.15) is 23.6 Å². The smallest absolute Gasteiger partial charge is 0.283 e. The molecule has 0 radical (unpaired) electrons. The summed E-state index contributed by atoms with van der Waals surface area (Å²) in [5.41, 5.74) is 1.98. The molecular weight excluding hydrogens is 353 g/mol. The van der Waals surface area contributed by atoms with Gasteiger partial charge >= 0.3 is 0 Å². The van der Waals surface area contributed by atoms with Gasteiger partial charge < -0.3 is 5.32 Å². The third-order valence-electron chi connectivity index (χ3n) is 4.89. The molecule has 3 aromatic rings. The largest absolute Gasteiger partial charge is 0.314 e. The third-order valence-corrected chi connectivity index (χ3v) is 6.49. The second-order valence-electron chi connectivity index (χ2n) is 6.68. The SMILES string of the molecule is Cc1ccc(S(=O)(=O)n2nc(C3CCNCC3F)c3ccccc32)cc1. The van der Waals surface area contributed by atoms with Crippen molar-refractivity contribution in [2.24, 2.45) is 0 Å². The normalized spacial score (nSPS) is 21.2. The second-order valence-corrected chi connectivity index (χ2v) is 8.45. The summed E-state index contributed by atoms with van der Waals surface area (Å²) in [5, 5.41) is 8.11. The predicted molar refractivity (Wildman–Crippen MR) is 98.6 cm³/mol. The highest BCUT2D eigenvalue weighted by molar-refractivity contribution is 7.90. The summed E-state index contributed by atoms with van der Waals surface area (Å²) in [6.07, 6.45) is -0.496. The van der Waals surface area contributed by atoms with Gasteiger partial charge in [0.05, 0.1) is 16.1 Å². The first-order chi connectivity index (χ1) is 12.5. The number of alkyl halides is 1. The van der Waals surface area contributed by atoms with Gasteiger partial charge in [0.2, 0.25) is 0 Å². The van der Waals surface area contributed by atoms with E-state index in [0.29, 0.717) is 29.6 Å². The topological polar surface area (TPSA) is 64.0 Å². The molecule has 1 aliphatic rings. The highest BCUT2D eigenvalue weighted by Crippen LogP contribution is 2.33. The van der Waals surface area contributed by atoms with E-state index >= 15 is 0 Å². The van der Waals surface area contributed by atoms with Crippen LogP contribution in [0.15, 0.2) is 53.4 Å². The zero-order valence-corrected chi connectivity index (χ0v) is 15.2. The Morgan fingerprint density at radius 1 is 1.15 bits per heavy atom. The molecule has 136 valence electrons. The van der Waals surface area contributed by atoms with Crippen LogP contribution >= 0.6 is 0 Å². The average molecular weight is 373 g/mol. The number of aromatic nitrogens is 2. The van der Waals surface area contributed by atoms with Crippen LogP contribution in [-0.4, -0.2) is 36.9 Å². The van der Waals surface area contributed by atoms with E-state index in [2.05, 4.69) is 10.4 Å². The summed E-state index contributed by atoms with van der Waals surface area (Å²) in [7, 11) is -3.85. The van der Waals surface area contributed by atoms with Gasteiger partial charge in [0.15, 0.2) is 0 Å². The minimum Gasteiger partial charge on any atom is -0.314 e. The fraction of sp³-hybridized carbons (Fsp3) is 0.316. The van der Waals surface area contributed by atoms with Gasteiger partial charge in [-0.2, -0.15) is 17.6 Å². The van der Waals surface area contributed by atoms with Crippen LogP contribution in [0, 0.1) is 6.92 Å².